The summed E-state index contributed by atoms with van der Waals surface area (Å²) in [7, 11) is 0. The maximum absolute atomic E-state index is 11.9. The van der Waals surface area contributed by atoms with E-state index in [-0.39, 0.29) is 18.2 Å². The Morgan fingerprint density at radius 2 is 2.19 bits per heavy atom. The molecule has 0 bridgehead atoms. The third-order valence-corrected chi connectivity index (χ3v) is 3.28. The van der Waals surface area contributed by atoms with E-state index >= 15 is 0 Å². The first-order valence-corrected chi connectivity index (χ1v) is 6.26. The highest BCUT2D eigenvalue weighted by Crippen LogP contribution is 2.15. The zero-order chi connectivity index (χ0) is 16.2. The molecular formula is C13H16N4O4. The Kier molecular flexibility index (Phi) is 4.81. The van der Waals surface area contributed by atoms with Crippen LogP contribution in [0.25, 0.3) is 0 Å². The first kappa shape index (κ1) is 16.4. The van der Waals surface area contributed by atoms with Crippen LogP contribution >= 0.6 is 0 Å². The number of carbonyl (C=O) groups excluding carboxylic acids is 1. The lowest BCUT2D eigenvalue weighted by atomic mass is 9.90. The highest BCUT2D eigenvalue weighted by molar-refractivity contribution is 5.77. The number of rotatable bonds is 5. The molecule has 8 heteroatoms. The Morgan fingerprint density at radius 3 is 2.67 bits per heavy atom. The van der Waals surface area contributed by atoms with E-state index < -0.39 is 21.9 Å². The Labute approximate surface area is 121 Å². The summed E-state index contributed by atoms with van der Waals surface area (Å²) in [5.74, 6) is -0.691. The van der Waals surface area contributed by atoms with Crippen molar-refractivity contribution in [2.45, 2.75) is 32.9 Å². The fourth-order valence-corrected chi connectivity index (χ4v) is 1.54. The number of hydrogen-bond donors (Lipinski definition) is 1. The van der Waals surface area contributed by atoms with Gasteiger partial charge in [-0.25, -0.2) is 0 Å². The Balaban J connectivity index is 2.95. The zero-order valence-electron chi connectivity index (χ0n) is 12.0. The highest BCUT2D eigenvalue weighted by Gasteiger charge is 2.30. The number of nitrogens with one attached hydrogen (secondary N) is 1. The Bertz CT molecular complexity index is 659. The van der Waals surface area contributed by atoms with Gasteiger partial charge in [0.15, 0.2) is 0 Å². The smallest absolute Gasteiger partial charge is 0.285 e. The van der Waals surface area contributed by atoms with Gasteiger partial charge in [-0.15, -0.1) is 0 Å². The number of aromatic nitrogens is 1. The molecule has 0 unspecified atom stereocenters. The highest BCUT2D eigenvalue weighted by atomic mass is 16.6. The summed E-state index contributed by atoms with van der Waals surface area (Å²) >= 11 is 0. The van der Waals surface area contributed by atoms with Crippen molar-refractivity contribution in [1.82, 2.24) is 9.88 Å². The monoisotopic (exact) mass is 292 g/mol. The minimum atomic E-state index is -1.07. The summed E-state index contributed by atoms with van der Waals surface area (Å²) in [5.41, 5.74) is -1.88. The summed E-state index contributed by atoms with van der Waals surface area (Å²) in [6.45, 7) is 4.75. The fourth-order valence-electron chi connectivity index (χ4n) is 1.54. The summed E-state index contributed by atoms with van der Waals surface area (Å²) < 4.78 is 0.936. The number of nitrogens with zero attached hydrogens (tertiary/aromatic N) is 3. The van der Waals surface area contributed by atoms with E-state index in [9.17, 15) is 19.7 Å². The molecule has 0 aliphatic carbocycles. The van der Waals surface area contributed by atoms with Gasteiger partial charge in [0.2, 0.25) is 5.91 Å². The van der Waals surface area contributed by atoms with E-state index in [1.54, 1.807) is 20.8 Å². The van der Waals surface area contributed by atoms with Crippen LogP contribution in [-0.2, 0) is 11.3 Å². The standard InChI is InChI=1S/C13H16N4O4/c1-9(2)13(3,8-14)15-11(18)7-16-6-10(17(20)21)4-5-12(16)19/h4-6,9H,7H2,1-3H3,(H,15,18)/t13-/m0/s1. The average Bonchev–Trinajstić information content (AvgIpc) is 2.40. The third kappa shape index (κ3) is 3.89. The number of pyridine rings is 1. The molecular weight excluding hydrogens is 276 g/mol. The van der Waals surface area contributed by atoms with Gasteiger partial charge in [0.05, 0.1) is 17.2 Å². The van der Waals surface area contributed by atoms with Crippen LogP contribution in [0.5, 0.6) is 0 Å². The molecule has 1 aromatic rings. The maximum Gasteiger partial charge on any atom is 0.285 e. The van der Waals surface area contributed by atoms with Gasteiger partial charge >= 0.3 is 0 Å². The molecule has 1 aromatic heterocycles. The molecule has 0 aliphatic heterocycles. The van der Waals surface area contributed by atoms with Gasteiger partial charge in [-0.1, -0.05) is 13.8 Å². The fraction of sp³-hybridized carbons (Fsp3) is 0.462. The van der Waals surface area contributed by atoms with Gasteiger partial charge in [-0.05, 0) is 12.8 Å². The second-order valence-corrected chi connectivity index (χ2v) is 5.13. The molecule has 1 amide bonds. The normalized spacial score (nSPS) is 13.3. The summed E-state index contributed by atoms with van der Waals surface area (Å²) in [4.78, 5) is 33.5. The Hall–Kier alpha value is -2.69. The van der Waals surface area contributed by atoms with Crippen LogP contribution in [0.1, 0.15) is 20.8 Å². The van der Waals surface area contributed by atoms with E-state index in [0.29, 0.717) is 0 Å². The predicted molar refractivity (Wildman–Crippen MR) is 74.4 cm³/mol. The van der Waals surface area contributed by atoms with Crippen molar-refractivity contribution in [1.29, 1.82) is 5.26 Å². The lowest BCUT2D eigenvalue weighted by Crippen LogP contribution is -2.50. The molecule has 8 nitrogen and oxygen atoms in total. The van der Waals surface area contributed by atoms with Crippen molar-refractivity contribution in [3.05, 3.63) is 38.8 Å². The zero-order valence-corrected chi connectivity index (χ0v) is 12.0. The largest absolute Gasteiger partial charge is 0.336 e. The minimum Gasteiger partial charge on any atom is -0.336 e. The van der Waals surface area contributed by atoms with E-state index in [1.807, 2.05) is 6.07 Å². The third-order valence-electron chi connectivity index (χ3n) is 3.28. The number of nitriles is 1. The quantitative estimate of drug-likeness (QED) is 0.636. The molecule has 0 spiro atoms. The average molecular weight is 292 g/mol. The van der Waals surface area contributed by atoms with E-state index in [4.69, 9.17) is 5.26 Å². The second-order valence-electron chi connectivity index (χ2n) is 5.13. The molecule has 1 N–H and O–H groups in total. The lowest BCUT2D eigenvalue weighted by Gasteiger charge is -2.27. The van der Waals surface area contributed by atoms with Crippen molar-refractivity contribution in [2.75, 3.05) is 0 Å². The van der Waals surface area contributed by atoms with Crippen LogP contribution in [0.3, 0.4) is 0 Å². The molecule has 1 atom stereocenters. The summed E-state index contributed by atoms with van der Waals surface area (Å²) in [6, 6.07) is 4.11. The van der Waals surface area contributed by atoms with Crippen LogP contribution in [0.2, 0.25) is 0 Å². The molecule has 0 saturated carbocycles. The molecule has 1 heterocycles. The van der Waals surface area contributed by atoms with Crippen molar-refractivity contribution < 1.29 is 9.72 Å². The topological polar surface area (TPSA) is 118 Å². The lowest BCUT2D eigenvalue weighted by molar-refractivity contribution is -0.385. The van der Waals surface area contributed by atoms with Gasteiger partial charge in [-0.3, -0.25) is 24.3 Å². The molecule has 0 saturated heterocycles. The van der Waals surface area contributed by atoms with Crippen LogP contribution in [-0.4, -0.2) is 20.9 Å². The summed E-state index contributed by atoms with van der Waals surface area (Å²) in [5, 5.41) is 22.3. The van der Waals surface area contributed by atoms with Crippen LogP contribution < -0.4 is 10.9 Å². The molecule has 112 valence electrons. The number of carbonyl (C=O) groups is 1. The molecule has 1 rings (SSSR count). The minimum absolute atomic E-state index is 0.131. The van der Waals surface area contributed by atoms with Crippen molar-refractivity contribution >= 4 is 11.6 Å². The van der Waals surface area contributed by atoms with Crippen LogP contribution in [0.4, 0.5) is 5.69 Å². The maximum atomic E-state index is 11.9. The van der Waals surface area contributed by atoms with Gasteiger partial charge in [0, 0.05) is 12.1 Å². The van der Waals surface area contributed by atoms with Gasteiger partial charge in [0.1, 0.15) is 12.1 Å². The molecule has 0 aliphatic rings. The van der Waals surface area contributed by atoms with Crippen molar-refractivity contribution in [2.24, 2.45) is 5.92 Å². The number of hydrogen-bond acceptors (Lipinski definition) is 5. The Morgan fingerprint density at radius 1 is 1.57 bits per heavy atom. The molecule has 0 fully saturated rings. The molecule has 0 aromatic carbocycles. The SMILES string of the molecule is CC(C)[C@](C)(C#N)NC(=O)Cn1cc([N+](=O)[O-])ccc1=O. The number of nitro groups is 1. The van der Waals surface area contributed by atoms with Crippen molar-refractivity contribution in [3.63, 3.8) is 0 Å². The van der Waals surface area contributed by atoms with E-state index in [2.05, 4.69) is 5.32 Å². The first-order chi connectivity index (χ1) is 9.69. The van der Waals surface area contributed by atoms with Crippen molar-refractivity contribution in [3.8, 4) is 6.07 Å². The van der Waals surface area contributed by atoms with Crippen LogP contribution in [0.15, 0.2) is 23.1 Å². The van der Waals surface area contributed by atoms with Gasteiger partial charge in [0.25, 0.3) is 11.2 Å². The second kappa shape index (κ2) is 6.17. The van der Waals surface area contributed by atoms with E-state index in [1.165, 1.54) is 0 Å². The number of amides is 1. The van der Waals surface area contributed by atoms with E-state index in [0.717, 1.165) is 22.9 Å². The predicted octanol–water partition coefficient (Wildman–Crippen LogP) is 0.811. The summed E-state index contributed by atoms with van der Waals surface area (Å²) in [6.07, 6.45) is 1.00. The van der Waals surface area contributed by atoms with Gasteiger partial charge < -0.3 is 5.32 Å². The first-order valence-electron chi connectivity index (χ1n) is 6.26. The van der Waals surface area contributed by atoms with Crippen LogP contribution in [0, 0.1) is 27.4 Å². The van der Waals surface area contributed by atoms with Gasteiger partial charge in [-0.2, -0.15) is 5.26 Å². The molecule has 21 heavy (non-hydrogen) atoms. The molecule has 0 radical (unpaired) electrons.